The van der Waals surface area contributed by atoms with E-state index in [0.29, 0.717) is 18.1 Å². The molecule has 0 saturated heterocycles. The first-order chi connectivity index (χ1) is 7.55. The summed E-state index contributed by atoms with van der Waals surface area (Å²) < 4.78 is 10.6. The number of rotatable bonds is 5. The van der Waals surface area contributed by atoms with Crippen molar-refractivity contribution in [2.24, 2.45) is 5.73 Å². The Kier molecular flexibility index (Phi) is 4.15. The second-order valence-electron chi connectivity index (χ2n) is 3.87. The predicted octanol–water partition coefficient (Wildman–Crippen LogP) is 1.26. The summed E-state index contributed by atoms with van der Waals surface area (Å²) in [7, 11) is 1.58. The Balaban J connectivity index is 3.08. The van der Waals surface area contributed by atoms with Crippen molar-refractivity contribution in [3.05, 3.63) is 23.8 Å². The maximum Gasteiger partial charge on any atom is 0.161 e. The highest BCUT2D eigenvalue weighted by Gasteiger charge is 2.21. The first kappa shape index (κ1) is 12.8. The van der Waals surface area contributed by atoms with Crippen molar-refractivity contribution in [2.75, 3.05) is 20.3 Å². The van der Waals surface area contributed by atoms with E-state index in [2.05, 4.69) is 0 Å². The predicted molar refractivity (Wildman–Crippen MR) is 62.8 cm³/mol. The van der Waals surface area contributed by atoms with E-state index in [1.165, 1.54) is 0 Å². The third-order valence-electron chi connectivity index (χ3n) is 2.45. The Bertz CT molecular complexity index is 350. The van der Waals surface area contributed by atoms with E-state index >= 15 is 0 Å². The van der Waals surface area contributed by atoms with E-state index in [1.807, 2.05) is 13.0 Å². The van der Waals surface area contributed by atoms with Gasteiger partial charge in [0.2, 0.25) is 0 Å². The summed E-state index contributed by atoms with van der Waals surface area (Å²) in [5, 5.41) is 9.19. The normalized spacial score (nSPS) is 14.3. The van der Waals surface area contributed by atoms with Crippen molar-refractivity contribution in [3.63, 3.8) is 0 Å². The van der Waals surface area contributed by atoms with Crippen molar-refractivity contribution in [1.82, 2.24) is 0 Å². The van der Waals surface area contributed by atoms with Gasteiger partial charge in [-0.3, -0.25) is 0 Å². The molecule has 1 rings (SSSR count). The number of hydrogen-bond acceptors (Lipinski definition) is 4. The average Bonchev–Trinajstić information content (AvgIpc) is 2.29. The summed E-state index contributed by atoms with van der Waals surface area (Å²) in [5.74, 6) is 1.31. The van der Waals surface area contributed by atoms with Crippen LogP contribution in [0.5, 0.6) is 11.5 Å². The Morgan fingerprint density at radius 3 is 2.56 bits per heavy atom. The molecule has 16 heavy (non-hydrogen) atoms. The third-order valence-corrected chi connectivity index (χ3v) is 2.45. The van der Waals surface area contributed by atoms with Gasteiger partial charge in [0.25, 0.3) is 0 Å². The van der Waals surface area contributed by atoms with Gasteiger partial charge in [-0.2, -0.15) is 0 Å². The maximum atomic E-state index is 9.19. The van der Waals surface area contributed by atoms with E-state index in [4.69, 9.17) is 15.2 Å². The molecule has 0 aliphatic rings. The number of ether oxygens (including phenoxy) is 2. The Morgan fingerprint density at radius 1 is 1.38 bits per heavy atom. The van der Waals surface area contributed by atoms with Gasteiger partial charge in [0.1, 0.15) is 0 Å². The zero-order chi connectivity index (χ0) is 12.2. The number of nitrogens with two attached hydrogens (primary N) is 1. The summed E-state index contributed by atoms with van der Waals surface area (Å²) in [6, 6.07) is 5.43. The van der Waals surface area contributed by atoms with Gasteiger partial charge in [0.05, 0.1) is 25.9 Å². The lowest BCUT2D eigenvalue weighted by Crippen LogP contribution is -2.36. The molecule has 0 aromatic heterocycles. The molecule has 0 fully saturated rings. The molecule has 0 aliphatic heterocycles. The highest BCUT2D eigenvalue weighted by molar-refractivity contribution is 5.44. The van der Waals surface area contributed by atoms with Gasteiger partial charge < -0.3 is 20.3 Å². The number of benzene rings is 1. The van der Waals surface area contributed by atoms with Crippen molar-refractivity contribution >= 4 is 0 Å². The quantitative estimate of drug-likeness (QED) is 0.791. The first-order valence-corrected chi connectivity index (χ1v) is 5.26. The van der Waals surface area contributed by atoms with Gasteiger partial charge in [-0.25, -0.2) is 0 Å². The summed E-state index contributed by atoms with van der Waals surface area (Å²) in [6.45, 7) is 4.13. The number of hydrogen-bond donors (Lipinski definition) is 2. The van der Waals surface area contributed by atoms with Gasteiger partial charge in [-0.15, -0.1) is 0 Å². The standard InChI is InChI=1S/C12H19NO3/c1-4-16-10-6-5-9(7-11(10)15-3)12(2,13)8-14/h5-7,14H,4,8,13H2,1-3H3. The Morgan fingerprint density at radius 2 is 2.06 bits per heavy atom. The van der Waals surface area contributed by atoms with Crippen molar-refractivity contribution in [2.45, 2.75) is 19.4 Å². The summed E-state index contributed by atoms with van der Waals surface area (Å²) in [5.41, 5.74) is 5.99. The molecule has 4 heteroatoms. The van der Waals surface area contributed by atoms with Crippen LogP contribution >= 0.6 is 0 Å². The van der Waals surface area contributed by atoms with Crippen LogP contribution in [-0.2, 0) is 5.54 Å². The largest absolute Gasteiger partial charge is 0.493 e. The summed E-state index contributed by atoms with van der Waals surface area (Å²) in [4.78, 5) is 0. The van der Waals surface area contributed by atoms with Crippen LogP contribution in [-0.4, -0.2) is 25.4 Å². The van der Waals surface area contributed by atoms with Crippen molar-refractivity contribution in [1.29, 1.82) is 0 Å². The minimum Gasteiger partial charge on any atom is -0.493 e. The van der Waals surface area contributed by atoms with Crippen LogP contribution in [0, 0.1) is 0 Å². The third kappa shape index (κ3) is 2.65. The maximum absolute atomic E-state index is 9.19. The minimum absolute atomic E-state index is 0.121. The lowest BCUT2D eigenvalue weighted by atomic mass is 9.94. The van der Waals surface area contributed by atoms with Crippen LogP contribution in [0.4, 0.5) is 0 Å². The number of aliphatic hydroxyl groups is 1. The van der Waals surface area contributed by atoms with Gasteiger partial charge in [-0.05, 0) is 31.5 Å². The zero-order valence-corrected chi connectivity index (χ0v) is 9.99. The molecule has 0 spiro atoms. The summed E-state index contributed by atoms with van der Waals surface area (Å²) in [6.07, 6.45) is 0. The van der Waals surface area contributed by atoms with Crippen LogP contribution < -0.4 is 15.2 Å². The molecule has 0 radical (unpaired) electrons. The van der Waals surface area contributed by atoms with Gasteiger partial charge in [0, 0.05) is 0 Å². The molecule has 0 heterocycles. The van der Waals surface area contributed by atoms with Crippen LogP contribution in [0.1, 0.15) is 19.4 Å². The van der Waals surface area contributed by atoms with Crippen LogP contribution in [0.25, 0.3) is 0 Å². The molecular formula is C12H19NO3. The van der Waals surface area contributed by atoms with Gasteiger partial charge >= 0.3 is 0 Å². The van der Waals surface area contributed by atoms with E-state index in [1.54, 1.807) is 26.2 Å². The summed E-state index contributed by atoms with van der Waals surface area (Å²) >= 11 is 0. The number of methoxy groups -OCH3 is 1. The zero-order valence-electron chi connectivity index (χ0n) is 9.99. The second kappa shape index (κ2) is 5.18. The van der Waals surface area contributed by atoms with E-state index in [-0.39, 0.29) is 6.61 Å². The molecule has 3 N–H and O–H groups in total. The molecule has 0 aliphatic carbocycles. The van der Waals surface area contributed by atoms with Crippen LogP contribution in [0.3, 0.4) is 0 Å². The minimum atomic E-state index is -0.766. The van der Waals surface area contributed by atoms with E-state index in [0.717, 1.165) is 5.56 Å². The Labute approximate surface area is 96.0 Å². The fourth-order valence-electron chi connectivity index (χ4n) is 1.39. The molecule has 90 valence electrons. The highest BCUT2D eigenvalue weighted by atomic mass is 16.5. The SMILES string of the molecule is CCOc1ccc(C(C)(N)CO)cc1OC. The van der Waals surface area contributed by atoms with Crippen LogP contribution in [0.2, 0.25) is 0 Å². The average molecular weight is 225 g/mol. The number of aliphatic hydroxyl groups excluding tert-OH is 1. The molecule has 1 aromatic carbocycles. The molecule has 1 aromatic rings. The fourth-order valence-corrected chi connectivity index (χ4v) is 1.39. The topological polar surface area (TPSA) is 64.7 Å². The molecule has 1 unspecified atom stereocenters. The molecule has 4 nitrogen and oxygen atoms in total. The molecule has 0 amide bonds. The van der Waals surface area contributed by atoms with E-state index in [9.17, 15) is 5.11 Å². The van der Waals surface area contributed by atoms with Crippen molar-refractivity contribution in [3.8, 4) is 11.5 Å². The monoisotopic (exact) mass is 225 g/mol. The highest BCUT2D eigenvalue weighted by Crippen LogP contribution is 2.31. The Hall–Kier alpha value is -1.26. The lowest BCUT2D eigenvalue weighted by Gasteiger charge is -2.23. The smallest absolute Gasteiger partial charge is 0.161 e. The van der Waals surface area contributed by atoms with E-state index < -0.39 is 5.54 Å². The first-order valence-electron chi connectivity index (χ1n) is 5.26. The lowest BCUT2D eigenvalue weighted by molar-refractivity contribution is 0.209. The second-order valence-corrected chi connectivity index (χ2v) is 3.87. The molecule has 1 atom stereocenters. The van der Waals surface area contributed by atoms with Gasteiger partial charge in [0.15, 0.2) is 11.5 Å². The van der Waals surface area contributed by atoms with Crippen molar-refractivity contribution < 1.29 is 14.6 Å². The molecule has 0 saturated carbocycles. The molecular weight excluding hydrogens is 206 g/mol. The van der Waals surface area contributed by atoms with Gasteiger partial charge in [-0.1, -0.05) is 6.07 Å². The molecule has 0 bridgehead atoms. The fraction of sp³-hybridized carbons (Fsp3) is 0.500. The van der Waals surface area contributed by atoms with Crippen LogP contribution in [0.15, 0.2) is 18.2 Å².